The topological polar surface area (TPSA) is 48.0 Å². The molecule has 1 saturated carbocycles. The van der Waals surface area contributed by atoms with Gasteiger partial charge in [0.15, 0.2) is 0 Å². The Morgan fingerprint density at radius 3 is 2.89 bits per heavy atom. The van der Waals surface area contributed by atoms with Crippen molar-refractivity contribution in [1.82, 2.24) is 10.3 Å². The Hall–Kier alpha value is -1.32. The van der Waals surface area contributed by atoms with Crippen LogP contribution in [-0.2, 0) is 6.42 Å². The number of H-pyrrole nitrogens is 1. The Morgan fingerprint density at radius 1 is 1.37 bits per heavy atom. The molecule has 0 amide bonds. The molecule has 3 rings (SSSR count). The zero-order valence-corrected chi connectivity index (χ0v) is 11.4. The third-order valence-electron chi connectivity index (χ3n) is 4.32. The van der Waals surface area contributed by atoms with Crippen LogP contribution in [0.4, 0.5) is 0 Å². The number of aromatic amines is 1. The lowest BCUT2D eigenvalue weighted by atomic mass is 10.0. The molecule has 3 heteroatoms. The molecule has 3 nitrogen and oxygen atoms in total. The maximum atomic E-state index is 9.32. The second-order valence-electron chi connectivity index (χ2n) is 6.00. The van der Waals surface area contributed by atoms with Gasteiger partial charge in [-0.05, 0) is 37.8 Å². The van der Waals surface area contributed by atoms with Gasteiger partial charge in [0.05, 0.1) is 0 Å². The second kappa shape index (κ2) is 4.99. The van der Waals surface area contributed by atoms with E-state index in [1.807, 2.05) is 0 Å². The van der Waals surface area contributed by atoms with Gasteiger partial charge in [0.25, 0.3) is 0 Å². The van der Waals surface area contributed by atoms with E-state index in [-0.39, 0.29) is 5.41 Å². The molecule has 0 aliphatic heterocycles. The van der Waals surface area contributed by atoms with E-state index in [1.165, 1.54) is 16.5 Å². The molecular formula is C16H22N2O. The Balaban J connectivity index is 1.61. The number of rotatable bonds is 6. The van der Waals surface area contributed by atoms with Gasteiger partial charge in [-0.15, -0.1) is 0 Å². The maximum Gasteiger partial charge on any atom is 0.0499 e. The number of nitrogens with one attached hydrogen (secondary N) is 2. The maximum absolute atomic E-state index is 9.32. The molecule has 0 saturated heterocycles. The lowest BCUT2D eigenvalue weighted by Crippen LogP contribution is -2.34. The number of benzene rings is 1. The minimum atomic E-state index is 0.189. The summed E-state index contributed by atoms with van der Waals surface area (Å²) in [5.41, 5.74) is 2.76. The molecule has 1 aliphatic rings. The van der Waals surface area contributed by atoms with E-state index in [4.69, 9.17) is 0 Å². The Kier molecular flexibility index (Phi) is 3.33. The van der Waals surface area contributed by atoms with Crippen molar-refractivity contribution < 1.29 is 5.11 Å². The van der Waals surface area contributed by atoms with Crippen molar-refractivity contribution in [2.75, 3.05) is 13.2 Å². The number of para-hydroxylation sites is 1. The summed E-state index contributed by atoms with van der Waals surface area (Å²) >= 11 is 0. The van der Waals surface area contributed by atoms with Gasteiger partial charge in [-0.25, -0.2) is 0 Å². The van der Waals surface area contributed by atoms with Crippen molar-refractivity contribution in [3.05, 3.63) is 36.0 Å². The zero-order chi connectivity index (χ0) is 13.3. The van der Waals surface area contributed by atoms with Gasteiger partial charge in [0.2, 0.25) is 0 Å². The summed E-state index contributed by atoms with van der Waals surface area (Å²) in [5.74, 6) is 0. The molecule has 3 N–H and O–H groups in total. The van der Waals surface area contributed by atoms with Gasteiger partial charge in [0.1, 0.15) is 0 Å². The van der Waals surface area contributed by atoms with Crippen LogP contribution in [0.25, 0.3) is 10.9 Å². The van der Waals surface area contributed by atoms with Crippen molar-refractivity contribution >= 4 is 10.9 Å². The Morgan fingerprint density at radius 2 is 2.16 bits per heavy atom. The summed E-state index contributed by atoms with van der Waals surface area (Å²) in [6.07, 6.45) is 5.46. The number of hydrogen-bond acceptors (Lipinski definition) is 2. The van der Waals surface area contributed by atoms with Crippen LogP contribution in [0.15, 0.2) is 30.5 Å². The van der Waals surface area contributed by atoms with Crippen LogP contribution < -0.4 is 5.32 Å². The lowest BCUT2D eigenvalue weighted by molar-refractivity contribution is 0.204. The minimum absolute atomic E-state index is 0.189. The predicted octanol–water partition coefficient (Wildman–Crippen LogP) is 2.46. The zero-order valence-electron chi connectivity index (χ0n) is 11.4. The van der Waals surface area contributed by atoms with E-state index in [1.54, 1.807) is 0 Å². The highest BCUT2D eigenvalue weighted by molar-refractivity contribution is 5.83. The van der Waals surface area contributed by atoms with Gasteiger partial charge in [0, 0.05) is 41.7 Å². The molecule has 1 aromatic carbocycles. The molecule has 102 valence electrons. The van der Waals surface area contributed by atoms with Crippen LogP contribution in [0.2, 0.25) is 0 Å². The summed E-state index contributed by atoms with van der Waals surface area (Å²) in [6.45, 7) is 3.47. The molecule has 0 radical (unpaired) electrons. The highest BCUT2D eigenvalue weighted by Gasteiger charge is 2.41. The average Bonchev–Trinajstić information content (AvgIpc) is 3.13. The minimum Gasteiger partial charge on any atom is -0.396 e. The highest BCUT2D eigenvalue weighted by atomic mass is 16.3. The largest absolute Gasteiger partial charge is 0.396 e. The number of aromatic nitrogens is 1. The number of aliphatic hydroxyl groups excluding tert-OH is 1. The van der Waals surface area contributed by atoms with Crippen LogP contribution in [0.1, 0.15) is 25.3 Å². The summed E-state index contributed by atoms with van der Waals surface area (Å²) in [4.78, 5) is 3.32. The van der Waals surface area contributed by atoms with E-state index in [0.717, 1.165) is 25.8 Å². The normalized spacial score (nSPS) is 18.6. The van der Waals surface area contributed by atoms with Crippen LogP contribution in [0.3, 0.4) is 0 Å². The molecule has 19 heavy (non-hydrogen) atoms. The number of aliphatic hydroxyl groups is 1. The fourth-order valence-electron chi connectivity index (χ4n) is 2.66. The Labute approximate surface area is 114 Å². The van der Waals surface area contributed by atoms with Gasteiger partial charge in [-0.2, -0.15) is 0 Å². The molecule has 1 atom stereocenters. The van der Waals surface area contributed by atoms with Crippen molar-refractivity contribution in [3.8, 4) is 0 Å². The average molecular weight is 258 g/mol. The van der Waals surface area contributed by atoms with Gasteiger partial charge >= 0.3 is 0 Å². The quantitative estimate of drug-likeness (QED) is 0.745. The summed E-state index contributed by atoms with van der Waals surface area (Å²) in [7, 11) is 0. The van der Waals surface area contributed by atoms with E-state index in [9.17, 15) is 5.11 Å². The molecular weight excluding hydrogens is 236 g/mol. The predicted molar refractivity (Wildman–Crippen MR) is 78.2 cm³/mol. The van der Waals surface area contributed by atoms with Gasteiger partial charge in [-0.1, -0.05) is 18.2 Å². The fraction of sp³-hybridized carbons (Fsp3) is 0.500. The standard InChI is InChI=1S/C16H22N2O/c1-12(18-10-16(11-19)6-7-16)8-13-9-17-15-5-3-2-4-14(13)15/h2-5,9,12,17-19H,6-8,10-11H2,1H3/t12-/m1/s1. The first-order chi connectivity index (χ1) is 9.22. The molecule has 1 aromatic heterocycles. The van der Waals surface area contributed by atoms with Gasteiger partial charge in [-0.3, -0.25) is 0 Å². The second-order valence-corrected chi connectivity index (χ2v) is 6.00. The molecule has 0 spiro atoms. The van der Waals surface area contributed by atoms with Crippen molar-refractivity contribution in [3.63, 3.8) is 0 Å². The van der Waals surface area contributed by atoms with Crippen molar-refractivity contribution in [2.24, 2.45) is 5.41 Å². The molecule has 0 unspecified atom stereocenters. The first kappa shape index (κ1) is 12.7. The molecule has 1 aliphatic carbocycles. The van der Waals surface area contributed by atoms with Crippen LogP contribution in [-0.4, -0.2) is 29.3 Å². The number of hydrogen-bond donors (Lipinski definition) is 3. The summed E-state index contributed by atoms with van der Waals surface area (Å²) in [6, 6.07) is 8.86. The molecule has 2 aromatic rings. The fourth-order valence-corrected chi connectivity index (χ4v) is 2.66. The van der Waals surface area contributed by atoms with Crippen molar-refractivity contribution in [2.45, 2.75) is 32.2 Å². The van der Waals surface area contributed by atoms with Crippen LogP contribution in [0, 0.1) is 5.41 Å². The van der Waals surface area contributed by atoms with Crippen LogP contribution in [0.5, 0.6) is 0 Å². The third kappa shape index (κ3) is 2.67. The Bertz CT molecular complexity index is 557. The SMILES string of the molecule is C[C@H](Cc1c[nH]c2ccccc12)NCC1(CO)CC1. The molecule has 1 heterocycles. The van der Waals surface area contributed by atoms with E-state index >= 15 is 0 Å². The van der Waals surface area contributed by atoms with Crippen LogP contribution >= 0.6 is 0 Å². The monoisotopic (exact) mass is 258 g/mol. The summed E-state index contributed by atoms with van der Waals surface area (Å²) in [5, 5.41) is 14.2. The molecule has 0 bridgehead atoms. The summed E-state index contributed by atoms with van der Waals surface area (Å²) < 4.78 is 0. The first-order valence-electron chi connectivity index (χ1n) is 7.12. The van der Waals surface area contributed by atoms with E-state index < -0.39 is 0 Å². The number of fused-ring (bicyclic) bond motifs is 1. The van der Waals surface area contributed by atoms with E-state index in [0.29, 0.717) is 12.6 Å². The van der Waals surface area contributed by atoms with Gasteiger partial charge < -0.3 is 15.4 Å². The third-order valence-corrected chi connectivity index (χ3v) is 4.32. The first-order valence-corrected chi connectivity index (χ1v) is 7.12. The highest BCUT2D eigenvalue weighted by Crippen LogP contribution is 2.44. The molecule has 1 fully saturated rings. The lowest BCUT2D eigenvalue weighted by Gasteiger charge is -2.18. The van der Waals surface area contributed by atoms with E-state index in [2.05, 4.69) is 47.7 Å². The smallest absolute Gasteiger partial charge is 0.0499 e. The van der Waals surface area contributed by atoms with Crippen molar-refractivity contribution in [1.29, 1.82) is 0 Å².